The Kier molecular flexibility index (Phi) is 9.32. The first-order valence-electron chi connectivity index (χ1n) is 11.5. The molecule has 0 saturated carbocycles. The molecule has 2 aliphatic rings. The van der Waals surface area contributed by atoms with Crippen molar-refractivity contribution in [2.24, 2.45) is 4.99 Å². The van der Waals surface area contributed by atoms with E-state index in [2.05, 4.69) is 37.2 Å². The average Bonchev–Trinajstić information content (AvgIpc) is 3.13. The van der Waals surface area contributed by atoms with Crippen molar-refractivity contribution in [2.75, 3.05) is 64.9 Å². The fourth-order valence-corrected chi connectivity index (χ4v) is 3.76. The van der Waals surface area contributed by atoms with Crippen LogP contribution in [-0.2, 0) is 9.53 Å². The molecule has 0 radical (unpaired) electrons. The Morgan fingerprint density at radius 3 is 2.79 bits per heavy atom. The quantitative estimate of drug-likeness (QED) is 0.327. The summed E-state index contributed by atoms with van der Waals surface area (Å²) in [7, 11) is 2.15. The van der Waals surface area contributed by atoms with Gasteiger partial charge < -0.3 is 19.9 Å². The summed E-state index contributed by atoms with van der Waals surface area (Å²) >= 11 is 0. The third-order valence-corrected chi connectivity index (χ3v) is 5.58. The zero-order valence-electron chi connectivity index (χ0n) is 19.8. The molecule has 3 heterocycles. The maximum absolute atomic E-state index is 14.1. The molecule has 0 bridgehead atoms. The predicted octanol–water partition coefficient (Wildman–Crippen LogP) is 2.68. The van der Waals surface area contributed by atoms with E-state index in [0.717, 1.165) is 39.1 Å². The van der Waals surface area contributed by atoms with Crippen molar-refractivity contribution in [1.29, 1.82) is 0 Å². The van der Waals surface area contributed by atoms with Crippen LogP contribution in [0, 0.1) is 0 Å². The highest BCUT2D eigenvalue weighted by Gasteiger charge is 2.26. The van der Waals surface area contributed by atoms with Gasteiger partial charge in [0, 0.05) is 50.9 Å². The summed E-state index contributed by atoms with van der Waals surface area (Å²) < 4.78 is 20.7. The third-order valence-electron chi connectivity index (χ3n) is 5.58. The van der Waals surface area contributed by atoms with Crippen molar-refractivity contribution >= 4 is 29.8 Å². The second kappa shape index (κ2) is 12.4. The van der Waals surface area contributed by atoms with Gasteiger partial charge in [0.2, 0.25) is 5.95 Å². The van der Waals surface area contributed by atoms with E-state index in [1.165, 1.54) is 4.68 Å². The Hall–Kier alpha value is -2.85. The molecule has 0 aliphatic carbocycles. The van der Waals surface area contributed by atoms with Gasteiger partial charge in [-0.25, -0.2) is 14.2 Å². The number of hydrogen-bond donors (Lipinski definition) is 1. The Morgan fingerprint density at radius 1 is 1.30 bits per heavy atom. The molecule has 1 N–H and O–H groups in total. The maximum Gasteiger partial charge on any atom is 0.336 e. The number of aliphatic imine (C=N–C) groups is 1. The summed E-state index contributed by atoms with van der Waals surface area (Å²) in [6.45, 7) is 9.09. The molecule has 0 aromatic carbocycles. The number of carbonyl (C=O) groups is 1. The van der Waals surface area contributed by atoms with Gasteiger partial charge in [-0.2, -0.15) is 9.67 Å². The van der Waals surface area contributed by atoms with Crippen molar-refractivity contribution in [3.8, 4) is 0 Å². The van der Waals surface area contributed by atoms with E-state index >= 15 is 0 Å². The van der Waals surface area contributed by atoms with Gasteiger partial charge in [-0.15, -0.1) is 5.10 Å². The summed E-state index contributed by atoms with van der Waals surface area (Å²) in [5, 5.41) is 7.76. The van der Waals surface area contributed by atoms with Crippen molar-refractivity contribution < 1.29 is 13.9 Å². The van der Waals surface area contributed by atoms with E-state index < -0.39 is 12.6 Å². The van der Waals surface area contributed by atoms with Crippen LogP contribution in [0.2, 0.25) is 0 Å². The van der Waals surface area contributed by atoms with Crippen LogP contribution in [0.5, 0.6) is 0 Å². The van der Waals surface area contributed by atoms with Crippen molar-refractivity contribution in [3.63, 3.8) is 0 Å². The van der Waals surface area contributed by atoms with Crippen molar-refractivity contribution in [1.82, 2.24) is 24.6 Å². The molecule has 10 heteroatoms. The summed E-state index contributed by atoms with van der Waals surface area (Å²) in [4.78, 5) is 26.3. The number of fused-ring (bicyclic) bond motifs is 1. The summed E-state index contributed by atoms with van der Waals surface area (Å²) in [5.41, 5.74) is 0.952. The van der Waals surface area contributed by atoms with Crippen LogP contribution in [0.15, 0.2) is 34.4 Å². The number of rotatable bonds is 10. The van der Waals surface area contributed by atoms with E-state index in [1.54, 1.807) is 31.4 Å². The number of halogens is 1. The topological polar surface area (TPSA) is 87.9 Å². The number of nitrogens with one attached hydrogen (secondary N) is 1. The number of esters is 1. The van der Waals surface area contributed by atoms with Gasteiger partial charge >= 0.3 is 5.97 Å². The Balaban J connectivity index is 1.78. The normalized spacial score (nSPS) is 18.0. The maximum atomic E-state index is 14.1. The van der Waals surface area contributed by atoms with Crippen LogP contribution < -0.4 is 5.32 Å². The molecule has 33 heavy (non-hydrogen) atoms. The molecule has 3 rings (SSSR count). The average molecular weight is 460 g/mol. The van der Waals surface area contributed by atoms with E-state index in [9.17, 15) is 9.18 Å². The number of aromatic nitrogens is 3. The standard InChI is InChI=1S/C23H34FN7O2/c1-4-6-8-18(17-24)20-19(21(32)33-5-2)9-11-26-23-27-22(28-31(20)23)25-10-7-12-30-15-13-29(3)14-16-30/h4,6,8,11H,5,7,9-10,12-17H2,1-3H3,(H,25,28)/b6-4-,18-8+. The molecule has 180 valence electrons. The van der Waals surface area contributed by atoms with Gasteiger partial charge in [0.05, 0.1) is 17.9 Å². The number of likely N-dealkylation sites (N-methyl/N-ethyl adjacent to an activating group) is 1. The summed E-state index contributed by atoms with van der Waals surface area (Å²) in [6.07, 6.45) is 7.90. The number of alkyl halides is 1. The van der Waals surface area contributed by atoms with Gasteiger partial charge in [0.1, 0.15) is 6.67 Å². The number of carbonyl (C=O) groups excluding carboxylic acids is 1. The molecule has 0 spiro atoms. The number of allylic oxidation sites excluding steroid dienone is 5. The second-order valence-corrected chi connectivity index (χ2v) is 7.99. The fraction of sp³-hybridized carbons (Fsp3) is 0.565. The zero-order valence-corrected chi connectivity index (χ0v) is 19.8. The van der Waals surface area contributed by atoms with Gasteiger partial charge in [0.25, 0.3) is 5.95 Å². The van der Waals surface area contributed by atoms with Crippen LogP contribution in [-0.4, -0.2) is 96.3 Å². The molecule has 1 aromatic rings. The van der Waals surface area contributed by atoms with Crippen molar-refractivity contribution in [3.05, 3.63) is 29.4 Å². The minimum atomic E-state index is -0.768. The predicted molar refractivity (Wildman–Crippen MR) is 129 cm³/mol. The van der Waals surface area contributed by atoms with E-state index in [4.69, 9.17) is 4.74 Å². The number of ether oxygens (including phenoxy) is 1. The Labute approximate surface area is 194 Å². The lowest BCUT2D eigenvalue weighted by Crippen LogP contribution is -2.44. The molecular formula is C23H34FN7O2. The molecule has 2 aliphatic heterocycles. The number of nitrogens with zero attached hydrogens (tertiary/aromatic N) is 6. The first kappa shape index (κ1) is 24.8. The lowest BCUT2D eigenvalue weighted by atomic mass is 10.0. The first-order valence-corrected chi connectivity index (χ1v) is 11.5. The SMILES string of the molecule is C/C=C\C=C(/CF)C1=C(C(=O)OCC)CC=Nc2nc(NCCCN3CCN(C)CC3)nn21. The number of piperazine rings is 1. The first-order chi connectivity index (χ1) is 16.1. The molecule has 0 atom stereocenters. The zero-order chi connectivity index (χ0) is 23.6. The van der Waals surface area contributed by atoms with Gasteiger partial charge in [-0.05, 0) is 33.9 Å². The molecule has 0 amide bonds. The summed E-state index contributed by atoms with van der Waals surface area (Å²) in [5.74, 6) is 0.182. The molecule has 1 fully saturated rings. The largest absolute Gasteiger partial charge is 0.463 e. The third kappa shape index (κ3) is 6.58. The highest BCUT2D eigenvalue weighted by Crippen LogP contribution is 2.30. The lowest BCUT2D eigenvalue weighted by Gasteiger charge is -2.32. The Bertz CT molecular complexity index is 927. The van der Waals surface area contributed by atoms with Gasteiger partial charge in [-0.3, -0.25) is 0 Å². The van der Waals surface area contributed by atoms with Crippen molar-refractivity contribution in [2.45, 2.75) is 26.7 Å². The number of hydrogen-bond acceptors (Lipinski definition) is 8. The van der Waals surface area contributed by atoms with Crippen LogP contribution in [0.3, 0.4) is 0 Å². The lowest BCUT2D eigenvalue weighted by molar-refractivity contribution is -0.138. The molecule has 9 nitrogen and oxygen atoms in total. The van der Waals surface area contributed by atoms with Crippen LogP contribution in [0.4, 0.5) is 16.3 Å². The number of anilines is 1. The molecular weight excluding hydrogens is 425 g/mol. The van der Waals surface area contributed by atoms with E-state index in [1.807, 2.05) is 6.92 Å². The molecule has 1 aromatic heterocycles. The highest BCUT2D eigenvalue weighted by molar-refractivity contribution is 6.01. The minimum Gasteiger partial charge on any atom is -0.463 e. The van der Waals surface area contributed by atoms with Gasteiger partial charge in [-0.1, -0.05) is 18.2 Å². The molecule has 1 saturated heterocycles. The minimum absolute atomic E-state index is 0.209. The molecule has 0 unspecified atom stereocenters. The van der Waals surface area contributed by atoms with Gasteiger partial charge in [0.15, 0.2) is 0 Å². The van der Waals surface area contributed by atoms with E-state index in [-0.39, 0.29) is 13.0 Å². The fourth-order valence-electron chi connectivity index (χ4n) is 3.76. The van der Waals surface area contributed by atoms with Crippen LogP contribution in [0.1, 0.15) is 26.7 Å². The Morgan fingerprint density at radius 2 is 2.09 bits per heavy atom. The van der Waals surface area contributed by atoms with E-state index in [0.29, 0.717) is 35.3 Å². The summed E-state index contributed by atoms with van der Waals surface area (Å²) in [6, 6.07) is 0. The monoisotopic (exact) mass is 459 g/mol. The van der Waals surface area contributed by atoms with Crippen LogP contribution in [0.25, 0.3) is 5.70 Å². The highest BCUT2D eigenvalue weighted by atomic mass is 19.1. The smallest absolute Gasteiger partial charge is 0.336 e. The second-order valence-electron chi connectivity index (χ2n) is 7.99. The van der Waals surface area contributed by atoms with Crippen LogP contribution >= 0.6 is 0 Å².